The molecular formula is C18H26N4O4S. The third-order valence-corrected chi connectivity index (χ3v) is 5.48. The third-order valence-electron chi connectivity index (χ3n) is 4.28. The Bertz CT molecular complexity index is 792. The maximum absolute atomic E-state index is 12.4. The van der Waals surface area contributed by atoms with Crippen LogP contribution in [0.4, 0.5) is 0 Å². The van der Waals surface area contributed by atoms with Crippen LogP contribution in [0.1, 0.15) is 54.4 Å². The average molecular weight is 394 g/mol. The fourth-order valence-corrected chi connectivity index (χ4v) is 3.80. The molecule has 0 spiro atoms. The second kappa shape index (κ2) is 9.50. The SMILES string of the molecule is Cc1nn(C)c2sc(C(=O)NC(C)C(=O)NCCCCCCC(=O)O)cc12. The smallest absolute Gasteiger partial charge is 0.303 e. The Hall–Kier alpha value is -2.42. The van der Waals surface area contributed by atoms with E-state index < -0.39 is 12.0 Å². The molecule has 9 heteroatoms. The number of nitrogens with zero attached hydrogens (tertiary/aromatic N) is 2. The Labute approximate surface area is 161 Å². The third kappa shape index (κ3) is 5.78. The first-order chi connectivity index (χ1) is 12.8. The van der Waals surface area contributed by atoms with Gasteiger partial charge in [0.1, 0.15) is 10.9 Å². The number of thiophene rings is 1. The predicted molar refractivity (Wildman–Crippen MR) is 104 cm³/mol. The molecule has 1 atom stereocenters. The number of carboxylic acids is 1. The number of amides is 2. The van der Waals surface area contributed by atoms with Crippen LogP contribution in [-0.2, 0) is 16.6 Å². The summed E-state index contributed by atoms with van der Waals surface area (Å²) in [6.07, 6.45) is 3.31. The molecule has 0 fully saturated rings. The van der Waals surface area contributed by atoms with Crippen LogP contribution >= 0.6 is 11.3 Å². The Morgan fingerprint density at radius 2 is 1.96 bits per heavy atom. The van der Waals surface area contributed by atoms with Gasteiger partial charge >= 0.3 is 5.97 Å². The highest BCUT2D eigenvalue weighted by atomic mass is 32.1. The van der Waals surface area contributed by atoms with E-state index in [0.29, 0.717) is 17.8 Å². The van der Waals surface area contributed by atoms with E-state index >= 15 is 0 Å². The lowest BCUT2D eigenvalue weighted by molar-refractivity contribution is -0.137. The number of hydrogen-bond donors (Lipinski definition) is 3. The van der Waals surface area contributed by atoms with Gasteiger partial charge in [-0.15, -0.1) is 11.3 Å². The molecule has 1 unspecified atom stereocenters. The number of rotatable bonds is 10. The van der Waals surface area contributed by atoms with Gasteiger partial charge in [0.15, 0.2) is 0 Å². The molecule has 0 saturated carbocycles. The summed E-state index contributed by atoms with van der Waals surface area (Å²) >= 11 is 1.35. The van der Waals surface area contributed by atoms with E-state index in [4.69, 9.17) is 5.11 Å². The molecule has 0 aromatic carbocycles. The molecule has 27 heavy (non-hydrogen) atoms. The number of aryl methyl sites for hydroxylation is 2. The fourth-order valence-electron chi connectivity index (χ4n) is 2.77. The second-order valence-corrected chi connectivity index (χ2v) is 7.61. The van der Waals surface area contributed by atoms with Crippen molar-refractivity contribution in [3.63, 3.8) is 0 Å². The molecule has 0 aliphatic rings. The zero-order chi connectivity index (χ0) is 20.0. The van der Waals surface area contributed by atoms with Gasteiger partial charge in [-0.2, -0.15) is 5.10 Å². The number of fused-ring (bicyclic) bond motifs is 1. The lowest BCUT2D eigenvalue weighted by atomic mass is 10.1. The van der Waals surface area contributed by atoms with Crippen molar-refractivity contribution < 1.29 is 19.5 Å². The number of aromatic nitrogens is 2. The van der Waals surface area contributed by atoms with Crippen molar-refractivity contribution in [1.29, 1.82) is 0 Å². The molecule has 2 aromatic rings. The molecule has 8 nitrogen and oxygen atoms in total. The largest absolute Gasteiger partial charge is 0.481 e. The molecular weight excluding hydrogens is 368 g/mol. The highest BCUT2D eigenvalue weighted by Crippen LogP contribution is 2.27. The van der Waals surface area contributed by atoms with Crippen molar-refractivity contribution >= 4 is 39.3 Å². The van der Waals surface area contributed by atoms with Crippen LogP contribution in [0.2, 0.25) is 0 Å². The Balaban J connectivity index is 1.73. The molecule has 2 amide bonds. The number of carbonyl (C=O) groups is 3. The minimum atomic E-state index is -0.780. The van der Waals surface area contributed by atoms with E-state index in [1.54, 1.807) is 17.7 Å². The second-order valence-electron chi connectivity index (χ2n) is 6.58. The van der Waals surface area contributed by atoms with Gasteiger partial charge in [0, 0.05) is 25.4 Å². The lowest BCUT2D eigenvalue weighted by Crippen LogP contribution is -2.44. The van der Waals surface area contributed by atoms with Crippen LogP contribution in [-0.4, -0.2) is 45.3 Å². The van der Waals surface area contributed by atoms with E-state index in [2.05, 4.69) is 15.7 Å². The van der Waals surface area contributed by atoms with E-state index in [0.717, 1.165) is 35.2 Å². The van der Waals surface area contributed by atoms with Gasteiger partial charge in [-0.25, -0.2) is 0 Å². The number of nitrogens with one attached hydrogen (secondary N) is 2. The van der Waals surface area contributed by atoms with Crippen molar-refractivity contribution in [3.05, 3.63) is 16.6 Å². The Morgan fingerprint density at radius 3 is 2.63 bits per heavy atom. The first-order valence-electron chi connectivity index (χ1n) is 9.03. The van der Waals surface area contributed by atoms with E-state index in [9.17, 15) is 14.4 Å². The molecule has 0 saturated heterocycles. The summed E-state index contributed by atoms with van der Waals surface area (Å²) in [7, 11) is 1.84. The first kappa shape index (κ1) is 20.9. The van der Waals surface area contributed by atoms with Crippen molar-refractivity contribution in [1.82, 2.24) is 20.4 Å². The molecule has 2 heterocycles. The summed E-state index contributed by atoms with van der Waals surface area (Å²) in [5.41, 5.74) is 0.872. The minimum absolute atomic E-state index is 0.183. The summed E-state index contributed by atoms with van der Waals surface area (Å²) in [5, 5.41) is 19.3. The van der Waals surface area contributed by atoms with E-state index in [-0.39, 0.29) is 18.2 Å². The van der Waals surface area contributed by atoms with E-state index in [1.807, 2.05) is 14.0 Å². The first-order valence-corrected chi connectivity index (χ1v) is 9.84. The van der Waals surface area contributed by atoms with Crippen LogP contribution in [0.5, 0.6) is 0 Å². The highest BCUT2D eigenvalue weighted by molar-refractivity contribution is 7.20. The Kier molecular flexibility index (Phi) is 7.35. The molecule has 0 radical (unpaired) electrons. The lowest BCUT2D eigenvalue weighted by Gasteiger charge is -2.13. The summed E-state index contributed by atoms with van der Waals surface area (Å²) in [4.78, 5) is 36.4. The zero-order valence-electron chi connectivity index (χ0n) is 15.9. The molecule has 0 bridgehead atoms. The quantitative estimate of drug-likeness (QED) is 0.535. The Morgan fingerprint density at radius 1 is 1.26 bits per heavy atom. The van der Waals surface area contributed by atoms with Crippen molar-refractivity contribution in [2.45, 2.75) is 52.0 Å². The zero-order valence-corrected chi connectivity index (χ0v) is 16.7. The maximum Gasteiger partial charge on any atom is 0.303 e. The van der Waals surface area contributed by atoms with Gasteiger partial charge in [0.05, 0.1) is 10.6 Å². The van der Waals surface area contributed by atoms with Crippen molar-refractivity contribution in [2.24, 2.45) is 7.05 Å². The van der Waals surface area contributed by atoms with Crippen LogP contribution < -0.4 is 10.6 Å². The molecule has 2 rings (SSSR count). The number of carboxylic acid groups (broad SMARTS) is 1. The number of aliphatic carboxylic acids is 1. The molecule has 0 aliphatic heterocycles. The standard InChI is InChI=1S/C18H26N4O4S/c1-11-13-10-14(27-18(13)22(3)21-11)17(26)20-12(2)16(25)19-9-7-5-4-6-8-15(23)24/h10,12H,4-9H2,1-3H3,(H,19,25)(H,20,26)(H,23,24). The summed E-state index contributed by atoms with van der Waals surface area (Å²) in [5.74, 6) is -1.28. The maximum atomic E-state index is 12.4. The number of hydrogen-bond acceptors (Lipinski definition) is 5. The fraction of sp³-hybridized carbons (Fsp3) is 0.556. The molecule has 3 N–H and O–H groups in total. The van der Waals surface area contributed by atoms with Gasteiger partial charge in [-0.05, 0) is 32.8 Å². The molecule has 0 aliphatic carbocycles. The molecule has 2 aromatic heterocycles. The van der Waals surface area contributed by atoms with Gasteiger partial charge < -0.3 is 15.7 Å². The normalized spacial score (nSPS) is 12.1. The van der Waals surface area contributed by atoms with Crippen LogP contribution in [0, 0.1) is 6.92 Å². The van der Waals surface area contributed by atoms with Gasteiger partial charge in [0.25, 0.3) is 5.91 Å². The average Bonchev–Trinajstić information content (AvgIpc) is 3.15. The summed E-state index contributed by atoms with van der Waals surface area (Å²) in [6.45, 7) is 4.06. The summed E-state index contributed by atoms with van der Waals surface area (Å²) in [6, 6.07) is 1.17. The van der Waals surface area contributed by atoms with Crippen molar-refractivity contribution in [3.8, 4) is 0 Å². The van der Waals surface area contributed by atoms with Crippen LogP contribution in [0.15, 0.2) is 6.07 Å². The topological polar surface area (TPSA) is 113 Å². The predicted octanol–water partition coefficient (Wildman–Crippen LogP) is 2.21. The monoisotopic (exact) mass is 394 g/mol. The highest BCUT2D eigenvalue weighted by Gasteiger charge is 2.19. The van der Waals surface area contributed by atoms with Gasteiger partial charge in [-0.3, -0.25) is 19.1 Å². The number of carbonyl (C=O) groups excluding carboxylic acids is 2. The van der Waals surface area contributed by atoms with Crippen molar-refractivity contribution in [2.75, 3.05) is 6.54 Å². The number of unbranched alkanes of at least 4 members (excludes halogenated alkanes) is 3. The summed E-state index contributed by atoms with van der Waals surface area (Å²) < 4.78 is 1.75. The minimum Gasteiger partial charge on any atom is -0.481 e. The van der Waals surface area contributed by atoms with Crippen LogP contribution in [0.25, 0.3) is 10.2 Å². The van der Waals surface area contributed by atoms with Crippen LogP contribution in [0.3, 0.4) is 0 Å². The molecule has 148 valence electrons. The van der Waals surface area contributed by atoms with Gasteiger partial charge in [-0.1, -0.05) is 12.8 Å². The van der Waals surface area contributed by atoms with E-state index in [1.165, 1.54) is 11.3 Å². The van der Waals surface area contributed by atoms with Gasteiger partial charge in [0.2, 0.25) is 5.91 Å².